The van der Waals surface area contributed by atoms with Crippen LogP contribution in [-0.2, 0) is 4.74 Å². The molecular formula is C13H23N3O. The van der Waals surface area contributed by atoms with E-state index in [0.29, 0.717) is 18.5 Å². The second-order valence-electron chi connectivity index (χ2n) is 4.76. The van der Waals surface area contributed by atoms with Gasteiger partial charge < -0.3 is 10.1 Å². The van der Waals surface area contributed by atoms with Crippen LogP contribution >= 0.6 is 0 Å². The summed E-state index contributed by atoms with van der Waals surface area (Å²) < 4.78 is 5.45. The van der Waals surface area contributed by atoms with Gasteiger partial charge in [-0.1, -0.05) is 13.8 Å². The van der Waals surface area contributed by atoms with Crippen LogP contribution in [0.1, 0.15) is 45.0 Å². The number of ether oxygens (including phenoxy) is 1. The Balaban J connectivity index is 2.53. The van der Waals surface area contributed by atoms with E-state index >= 15 is 0 Å². The Morgan fingerprint density at radius 3 is 2.53 bits per heavy atom. The van der Waals surface area contributed by atoms with Gasteiger partial charge >= 0.3 is 0 Å². The van der Waals surface area contributed by atoms with Crippen LogP contribution in [0.2, 0.25) is 0 Å². The SMILES string of the molecule is Cc1cc(C(C)C)nc(NCCOC(C)C)n1. The van der Waals surface area contributed by atoms with Crippen LogP contribution in [0.4, 0.5) is 5.95 Å². The number of nitrogens with zero attached hydrogens (tertiary/aromatic N) is 2. The van der Waals surface area contributed by atoms with Gasteiger partial charge in [0.1, 0.15) is 0 Å². The Labute approximate surface area is 104 Å². The Bertz CT molecular complexity index is 351. The number of hydrogen-bond donors (Lipinski definition) is 1. The number of aromatic nitrogens is 2. The van der Waals surface area contributed by atoms with Crippen LogP contribution in [-0.4, -0.2) is 29.2 Å². The molecule has 0 amide bonds. The molecule has 0 unspecified atom stereocenters. The zero-order chi connectivity index (χ0) is 12.8. The van der Waals surface area contributed by atoms with Gasteiger partial charge in [0.05, 0.1) is 12.7 Å². The minimum Gasteiger partial charge on any atom is -0.377 e. The highest BCUT2D eigenvalue weighted by Crippen LogP contribution is 2.14. The molecule has 0 fully saturated rings. The maximum atomic E-state index is 5.45. The smallest absolute Gasteiger partial charge is 0.223 e. The molecule has 1 heterocycles. The van der Waals surface area contributed by atoms with Gasteiger partial charge in [-0.25, -0.2) is 9.97 Å². The van der Waals surface area contributed by atoms with Crippen LogP contribution in [0, 0.1) is 6.92 Å². The number of hydrogen-bond acceptors (Lipinski definition) is 4. The number of nitrogens with one attached hydrogen (secondary N) is 1. The lowest BCUT2D eigenvalue weighted by molar-refractivity contribution is 0.0870. The second kappa shape index (κ2) is 6.55. The molecule has 0 bridgehead atoms. The molecule has 96 valence electrons. The van der Waals surface area contributed by atoms with Crippen molar-refractivity contribution in [2.75, 3.05) is 18.5 Å². The Morgan fingerprint density at radius 2 is 1.94 bits per heavy atom. The predicted octanol–water partition coefficient (Wildman–Crippen LogP) is 2.75. The molecule has 4 heteroatoms. The van der Waals surface area contributed by atoms with Gasteiger partial charge in [-0.3, -0.25) is 0 Å². The summed E-state index contributed by atoms with van der Waals surface area (Å²) in [4.78, 5) is 8.83. The van der Waals surface area contributed by atoms with Crippen molar-refractivity contribution in [2.24, 2.45) is 0 Å². The fourth-order valence-electron chi connectivity index (χ4n) is 1.43. The lowest BCUT2D eigenvalue weighted by atomic mass is 10.1. The van der Waals surface area contributed by atoms with Crippen molar-refractivity contribution in [1.29, 1.82) is 0 Å². The first kappa shape index (κ1) is 13.9. The molecule has 0 saturated carbocycles. The zero-order valence-corrected chi connectivity index (χ0v) is 11.4. The van der Waals surface area contributed by atoms with E-state index in [2.05, 4.69) is 29.1 Å². The molecule has 0 aliphatic carbocycles. The molecule has 1 aromatic heterocycles. The number of anilines is 1. The summed E-state index contributed by atoms with van der Waals surface area (Å²) in [6, 6.07) is 2.03. The van der Waals surface area contributed by atoms with Gasteiger partial charge in [-0.05, 0) is 32.8 Å². The minimum absolute atomic E-state index is 0.265. The topological polar surface area (TPSA) is 47.0 Å². The molecule has 0 radical (unpaired) electrons. The van der Waals surface area contributed by atoms with E-state index in [9.17, 15) is 0 Å². The van der Waals surface area contributed by atoms with E-state index in [1.807, 2.05) is 26.8 Å². The average Bonchev–Trinajstić information content (AvgIpc) is 2.23. The number of aryl methyl sites for hydroxylation is 1. The molecule has 17 heavy (non-hydrogen) atoms. The molecule has 0 atom stereocenters. The summed E-state index contributed by atoms with van der Waals surface area (Å²) in [6.07, 6.45) is 0.265. The van der Waals surface area contributed by atoms with E-state index in [0.717, 1.165) is 17.9 Å². The quantitative estimate of drug-likeness (QED) is 0.773. The summed E-state index contributed by atoms with van der Waals surface area (Å²) >= 11 is 0. The summed E-state index contributed by atoms with van der Waals surface area (Å²) in [6.45, 7) is 11.7. The monoisotopic (exact) mass is 237 g/mol. The van der Waals surface area contributed by atoms with Crippen molar-refractivity contribution in [3.8, 4) is 0 Å². The standard InChI is InChI=1S/C13H23N3O/c1-9(2)12-8-11(5)15-13(16-12)14-6-7-17-10(3)4/h8-10H,6-7H2,1-5H3,(H,14,15,16). The van der Waals surface area contributed by atoms with Gasteiger partial charge in [0.15, 0.2) is 0 Å². The lowest BCUT2D eigenvalue weighted by Crippen LogP contribution is -2.15. The minimum atomic E-state index is 0.265. The third-order valence-corrected chi connectivity index (χ3v) is 2.30. The highest BCUT2D eigenvalue weighted by Gasteiger charge is 2.05. The lowest BCUT2D eigenvalue weighted by Gasteiger charge is -2.11. The summed E-state index contributed by atoms with van der Waals surface area (Å²) in [5.74, 6) is 1.12. The van der Waals surface area contributed by atoms with Crippen molar-refractivity contribution < 1.29 is 4.74 Å². The number of rotatable bonds is 6. The molecule has 1 N–H and O–H groups in total. The van der Waals surface area contributed by atoms with Crippen LogP contribution in [0.3, 0.4) is 0 Å². The molecule has 0 aliphatic rings. The fraction of sp³-hybridized carbons (Fsp3) is 0.692. The van der Waals surface area contributed by atoms with Crippen LogP contribution in [0.15, 0.2) is 6.07 Å². The molecule has 0 spiro atoms. The molecule has 4 nitrogen and oxygen atoms in total. The third-order valence-electron chi connectivity index (χ3n) is 2.30. The summed E-state index contributed by atoms with van der Waals surface area (Å²) in [5, 5.41) is 3.19. The average molecular weight is 237 g/mol. The fourth-order valence-corrected chi connectivity index (χ4v) is 1.43. The van der Waals surface area contributed by atoms with Crippen LogP contribution < -0.4 is 5.32 Å². The van der Waals surface area contributed by atoms with E-state index in [-0.39, 0.29) is 6.10 Å². The molecule has 1 rings (SSSR count). The Hall–Kier alpha value is -1.16. The second-order valence-corrected chi connectivity index (χ2v) is 4.76. The summed E-state index contributed by atoms with van der Waals surface area (Å²) in [7, 11) is 0. The largest absolute Gasteiger partial charge is 0.377 e. The third kappa shape index (κ3) is 5.13. The Morgan fingerprint density at radius 1 is 1.24 bits per heavy atom. The van der Waals surface area contributed by atoms with Gasteiger partial charge in [-0.15, -0.1) is 0 Å². The molecule has 0 aromatic carbocycles. The van der Waals surface area contributed by atoms with Crippen LogP contribution in [0.25, 0.3) is 0 Å². The van der Waals surface area contributed by atoms with E-state index in [4.69, 9.17) is 4.74 Å². The van der Waals surface area contributed by atoms with E-state index < -0.39 is 0 Å². The van der Waals surface area contributed by atoms with Crippen molar-refractivity contribution in [3.63, 3.8) is 0 Å². The molecular weight excluding hydrogens is 214 g/mol. The summed E-state index contributed by atoms with van der Waals surface area (Å²) in [5.41, 5.74) is 2.07. The maximum absolute atomic E-state index is 5.45. The van der Waals surface area contributed by atoms with Gasteiger partial charge in [0, 0.05) is 17.9 Å². The maximum Gasteiger partial charge on any atom is 0.223 e. The van der Waals surface area contributed by atoms with Crippen molar-refractivity contribution >= 4 is 5.95 Å². The Kier molecular flexibility index (Phi) is 5.35. The van der Waals surface area contributed by atoms with Gasteiger partial charge in [0.2, 0.25) is 5.95 Å². The van der Waals surface area contributed by atoms with Crippen molar-refractivity contribution in [3.05, 3.63) is 17.5 Å². The zero-order valence-electron chi connectivity index (χ0n) is 11.4. The molecule has 0 saturated heterocycles. The van der Waals surface area contributed by atoms with Gasteiger partial charge in [0.25, 0.3) is 0 Å². The molecule has 1 aromatic rings. The van der Waals surface area contributed by atoms with Crippen molar-refractivity contribution in [2.45, 2.75) is 46.6 Å². The van der Waals surface area contributed by atoms with E-state index in [1.54, 1.807) is 0 Å². The van der Waals surface area contributed by atoms with E-state index in [1.165, 1.54) is 0 Å². The van der Waals surface area contributed by atoms with Crippen LogP contribution in [0.5, 0.6) is 0 Å². The first-order valence-corrected chi connectivity index (χ1v) is 6.20. The first-order chi connectivity index (χ1) is 7.99. The van der Waals surface area contributed by atoms with Crippen molar-refractivity contribution in [1.82, 2.24) is 9.97 Å². The first-order valence-electron chi connectivity index (χ1n) is 6.20. The molecule has 0 aliphatic heterocycles. The highest BCUT2D eigenvalue weighted by molar-refractivity contribution is 5.28. The van der Waals surface area contributed by atoms with Gasteiger partial charge in [-0.2, -0.15) is 0 Å². The predicted molar refractivity (Wildman–Crippen MR) is 70.4 cm³/mol. The highest BCUT2D eigenvalue weighted by atomic mass is 16.5. The normalized spacial score (nSPS) is 11.2.